The van der Waals surface area contributed by atoms with Gasteiger partial charge in [-0.2, -0.15) is 0 Å². The molecule has 16 heavy (non-hydrogen) atoms. The van der Waals surface area contributed by atoms with Gasteiger partial charge >= 0.3 is 5.97 Å². The summed E-state index contributed by atoms with van der Waals surface area (Å²) >= 11 is 0. The Bertz CT molecular complexity index is 335. The lowest BCUT2D eigenvalue weighted by molar-refractivity contribution is -0.137. The van der Waals surface area contributed by atoms with Crippen molar-refractivity contribution >= 4 is 5.97 Å². The fraction of sp³-hybridized carbons (Fsp3) is 0.308. The standard InChI is InChI=1S/C13H17NO2/c1-2-8-14-12(10-13(15)16)9-11-6-4-3-5-7-11/h2-7,12,14H,1,8-10H2,(H,15,16)/t12-/m0/s1. The number of hydrogen-bond donors (Lipinski definition) is 2. The minimum Gasteiger partial charge on any atom is -0.481 e. The first-order chi connectivity index (χ1) is 7.72. The summed E-state index contributed by atoms with van der Waals surface area (Å²) in [6, 6.07) is 9.83. The zero-order valence-electron chi connectivity index (χ0n) is 9.23. The second-order valence-corrected chi connectivity index (χ2v) is 3.68. The van der Waals surface area contributed by atoms with Crippen molar-refractivity contribution in [1.82, 2.24) is 5.32 Å². The largest absolute Gasteiger partial charge is 0.481 e. The van der Waals surface area contributed by atoms with Gasteiger partial charge in [-0.05, 0) is 12.0 Å². The van der Waals surface area contributed by atoms with E-state index in [4.69, 9.17) is 5.11 Å². The average Bonchev–Trinajstić information content (AvgIpc) is 2.26. The van der Waals surface area contributed by atoms with Crippen LogP contribution in [-0.2, 0) is 11.2 Å². The van der Waals surface area contributed by atoms with Gasteiger partial charge in [-0.15, -0.1) is 6.58 Å². The molecule has 3 nitrogen and oxygen atoms in total. The number of carboxylic acids is 1. The number of carbonyl (C=O) groups is 1. The van der Waals surface area contributed by atoms with Gasteiger partial charge in [0.1, 0.15) is 0 Å². The Balaban J connectivity index is 2.55. The summed E-state index contributed by atoms with van der Waals surface area (Å²) in [6.45, 7) is 4.24. The molecule has 86 valence electrons. The third-order valence-electron chi connectivity index (χ3n) is 2.30. The van der Waals surface area contributed by atoms with Crippen LogP contribution in [0.2, 0.25) is 0 Å². The summed E-state index contributed by atoms with van der Waals surface area (Å²) in [7, 11) is 0. The Kier molecular flexibility index (Phi) is 5.29. The van der Waals surface area contributed by atoms with E-state index in [2.05, 4.69) is 11.9 Å². The van der Waals surface area contributed by atoms with Crippen LogP contribution >= 0.6 is 0 Å². The van der Waals surface area contributed by atoms with Crippen molar-refractivity contribution in [2.45, 2.75) is 18.9 Å². The van der Waals surface area contributed by atoms with E-state index >= 15 is 0 Å². The molecule has 0 radical (unpaired) electrons. The summed E-state index contributed by atoms with van der Waals surface area (Å²) in [5, 5.41) is 11.9. The summed E-state index contributed by atoms with van der Waals surface area (Å²) in [6.07, 6.45) is 2.59. The van der Waals surface area contributed by atoms with Crippen LogP contribution in [0.3, 0.4) is 0 Å². The maximum atomic E-state index is 10.7. The van der Waals surface area contributed by atoms with E-state index < -0.39 is 5.97 Å². The number of hydrogen-bond acceptors (Lipinski definition) is 2. The first-order valence-electron chi connectivity index (χ1n) is 5.32. The predicted octanol–water partition coefficient (Wildman–Crippen LogP) is 1.85. The Morgan fingerprint density at radius 2 is 2.12 bits per heavy atom. The lowest BCUT2D eigenvalue weighted by atomic mass is 10.0. The van der Waals surface area contributed by atoms with Crippen molar-refractivity contribution in [2.24, 2.45) is 0 Å². The lowest BCUT2D eigenvalue weighted by Gasteiger charge is -2.15. The van der Waals surface area contributed by atoms with Crippen LogP contribution in [-0.4, -0.2) is 23.7 Å². The van der Waals surface area contributed by atoms with E-state index in [0.717, 1.165) is 12.0 Å². The second kappa shape index (κ2) is 6.80. The Labute approximate surface area is 95.8 Å². The Morgan fingerprint density at radius 1 is 1.44 bits per heavy atom. The summed E-state index contributed by atoms with van der Waals surface area (Å²) in [4.78, 5) is 10.7. The van der Waals surface area contributed by atoms with Crippen LogP contribution in [0, 0.1) is 0 Å². The molecule has 0 aliphatic heterocycles. The van der Waals surface area contributed by atoms with Crippen molar-refractivity contribution in [1.29, 1.82) is 0 Å². The van der Waals surface area contributed by atoms with Gasteiger partial charge in [0, 0.05) is 12.6 Å². The molecular formula is C13H17NO2. The van der Waals surface area contributed by atoms with Crippen molar-refractivity contribution in [3.63, 3.8) is 0 Å². The number of benzene rings is 1. The third-order valence-corrected chi connectivity index (χ3v) is 2.30. The highest BCUT2D eigenvalue weighted by Crippen LogP contribution is 2.05. The maximum Gasteiger partial charge on any atom is 0.304 e. The molecule has 1 aromatic rings. The van der Waals surface area contributed by atoms with Crippen LogP contribution < -0.4 is 5.32 Å². The highest BCUT2D eigenvalue weighted by atomic mass is 16.4. The van der Waals surface area contributed by atoms with Gasteiger partial charge in [0.05, 0.1) is 6.42 Å². The molecule has 0 aromatic heterocycles. The van der Waals surface area contributed by atoms with Crippen LogP contribution in [0.25, 0.3) is 0 Å². The third kappa shape index (κ3) is 4.75. The molecule has 0 bridgehead atoms. The smallest absolute Gasteiger partial charge is 0.304 e. The molecule has 1 atom stereocenters. The molecule has 0 unspecified atom stereocenters. The highest BCUT2D eigenvalue weighted by Gasteiger charge is 2.12. The summed E-state index contributed by atoms with van der Waals surface area (Å²) in [5.74, 6) is -0.780. The molecule has 2 N–H and O–H groups in total. The first-order valence-corrected chi connectivity index (χ1v) is 5.32. The number of nitrogens with one attached hydrogen (secondary N) is 1. The fourth-order valence-corrected chi connectivity index (χ4v) is 1.58. The highest BCUT2D eigenvalue weighted by molar-refractivity contribution is 5.67. The topological polar surface area (TPSA) is 49.3 Å². The molecule has 0 heterocycles. The maximum absolute atomic E-state index is 10.7. The SMILES string of the molecule is C=CCN[C@H](CC(=O)O)Cc1ccccc1. The predicted molar refractivity (Wildman–Crippen MR) is 64.4 cm³/mol. The fourth-order valence-electron chi connectivity index (χ4n) is 1.58. The molecule has 0 spiro atoms. The Morgan fingerprint density at radius 3 is 2.69 bits per heavy atom. The molecule has 0 aliphatic rings. The van der Waals surface area contributed by atoms with Crippen molar-refractivity contribution in [3.8, 4) is 0 Å². The second-order valence-electron chi connectivity index (χ2n) is 3.68. The van der Waals surface area contributed by atoms with Crippen LogP contribution in [0.5, 0.6) is 0 Å². The summed E-state index contributed by atoms with van der Waals surface area (Å²) < 4.78 is 0. The molecule has 0 saturated carbocycles. The molecule has 0 aliphatic carbocycles. The zero-order chi connectivity index (χ0) is 11.8. The molecule has 0 amide bonds. The Hall–Kier alpha value is -1.61. The van der Waals surface area contributed by atoms with Gasteiger partial charge in [0.2, 0.25) is 0 Å². The van der Waals surface area contributed by atoms with Gasteiger partial charge in [-0.1, -0.05) is 36.4 Å². The van der Waals surface area contributed by atoms with Gasteiger partial charge in [0.25, 0.3) is 0 Å². The summed E-state index contributed by atoms with van der Waals surface area (Å²) in [5.41, 5.74) is 1.14. The van der Waals surface area contributed by atoms with E-state index in [-0.39, 0.29) is 12.5 Å². The van der Waals surface area contributed by atoms with Crippen molar-refractivity contribution in [3.05, 3.63) is 48.6 Å². The molecule has 1 rings (SSSR count). The van der Waals surface area contributed by atoms with E-state index in [1.54, 1.807) is 6.08 Å². The molecule has 1 aromatic carbocycles. The van der Waals surface area contributed by atoms with Crippen LogP contribution in [0.1, 0.15) is 12.0 Å². The van der Waals surface area contributed by atoms with Gasteiger partial charge in [0.15, 0.2) is 0 Å². The monoisotopic (exact) mass is 219 g/mol. The average molecular weight is 219 g/mol. The normalized spacial score (nSPS) is 12.0. The molecular weight excluding hydrogens is 202 g/mol. The van der Waals surface area contributed by atoms with E-state index in [1.807, 2.05) is 30.3 Å². The van der Waals surface area contributed by atoms with E-state index in [1.165, 1.54) is 0 Å². The van der Waals surface area contributed by atoms with Crippen molar-refractivity contribution < 1.29 is 9.90 Å². The number of carboxylic acid groups (broad SMARTS) is 1. The van der Waals surface area contributed by atoms with Crippen molar-refractivity contribution in [2.75, 3.05) is 6.54 Å². The van der Waals surface area contributed by atoms with Gasteiger partial charge < -0.3 is 10.4 Å². The number of aliphatic carboxylic acids is 1. The number of rotatable bonds is 7. The van der Waals surface area contributed by atoms with Gasteiger partial charge in [-0.3, -0.25) is 4.79 Å². The lowest BCUT2D eigenvalue weighted by Crippen LogP contribution is -2.33. The zero-order valence-corrected chi connectivity index (χ0v) is 9.23. The van der Waals surface area contributed by atoms with E-state index in [9.17, 15) is 4.79 Å². The van der Waals surface area contributed by atoms with Gasteiger partial charge in [-0.25, -0.2) is 0 Å². The molecule has 3 heteroatoms. The molecule has 0 saturated heterocycles. The van der Waals surface area contributed by atoms with E-state index in [0.29, 0.717) is 6.54 Å². The first kappa shape index (κ1) is 12.5. The minimum atomic E-state index is -0.780. The van der Waals surface area contributed by atoms with Crippen LogP contribution in [0.4, 0.5) is 0 Å². The quantitative estimate of drug-likeness (QED) is 0.688. The molecule has 0 fully saturated rings. The minimum absolute atomic E-state index is 0.0436. The van der Waals surface area contributed by atoms with Crippen LogP contribution in [0.15, 0.2) is 43.0 Å².